The van der Waals surface area contributed by atoms with Crippen molar-refractivity contribution in [3.05, 3.63) is 70.9 Å². The van der Waals surface area contributed by atoms with Crippen molar-refractivity contribution in [2.24, 2.45) is 4.99 Å². The third-order valence-corrected chi connectivity index (χ3v) is 5.01. The molecule has 0 unspecified atom stereocenters. The number of hydrogen-bond donors (Lipinski definition) is 1. The molecule has 1 aliphatic heterocycles. The van der Waals surface area contributed by atoms with E-state index in [-0.39, 0.29) is 18.2 Å². The summed E-state index contributed by atoms with van der Waals surface area (Å²) in [6.45, 7) is 4.21. The number of nitrogens with one attached hydrogen (secondary N) is 1. The van der Waals surface area contributed by atoms with Gasteiger partial charge in [0.25, 0.3) is 5.91 Å². The number of ether oxygens (including phenoxy) is 1. The van der Waals surface area contributed by atoms with E-state index in [9.17, 15) is 13.6 Å². The summed E-state index contributed by atoms with van der Waals surface area (Å²) in [4.78, 5) is 16.5. The average molecular weight is 399 g/mol. The molecule has 0 aliphatic carbocycles. The van der Waals surface area contributed by atoms with Crippen molar-refractivity contribution < 1.29 is 18.3 Å². The van der Waals surface area contributed by atoms with E-state index in [0.29, 0.717) is 22.8 Å². The highest BCUT2D eigenvalue weighted by molar-refractivity contribution is 7.07. The Morgan fingerprint density at radius 3 is 2.93 bits per heavy atom. The maximum atomic E-state index is 14.0. The maximum absolute atomic E-state index is 14.0. The van der Waals surface area contributed by atoms with Crippen molar-refractivity contribution in [3.8, 4) is 17.0 Å². The predicted octanol–water partition coefficient (Wildman–Crippen LogP) is 4.24. The quantitative estimate of drug-likeness (QED) is 0.667. The zero-order chi connectivity index (χ0) is 19.7. The maximum Gasteiger partial charge on any atom is 0.262 e. The first-order chi connectivity index (χ1) is 13.5. The smallest absolute Gasteiger partial charge is 0.262 e. The summed E-state index contributed by atoms with van der Waals surface area (Å²) in [5.74, 6) is -0.988. The number of fused-ring (bicyclic) bond motifs is 1. The van der Waals surface area contributed by atoms with Gasteiger partial charge in [-0.15, -0.1) is 17.9 Å². The fraction of sp³-hybridized carbons (Fsp3) is 0.100. The van der Waals surface area contributed by atoms with Crippen LogP contribution in [0.5, 0.6) is 5.75 Å². The number of anilines is 1. The van der Waals surface area contributed by atoms with Crippen LogP contribution in [-0.4, -0.2) is 17.1 Å². The molecular weight excluding hydrogens is 384 g/mol. The van der Waals surface area contributed by atoms with E-state index in [0.717, 1.165) is 17.3 Å². The minimum Gasteiger partial charge on any atom is -0.482 e. The molecule has 0 fully saturated rings. The van der Waals surface area contributed by atoms with E-state index in [1.165, 1.54) is 23.5 Å². The topological polar surface area (TPSA) is 55.6 Å². The Labute approximate surface area is 163 Å². The number of benzene rings is 2. The van der Waals surface area contributed by atoms with E-state index in [2.05, 4.69) is 16.9 Å². The van der Waals surface area contributed by atoms with Gasteiger partial charge in [0.05, 0.1) is 11.4 Å². The summed E-state index contributed by atoms with van der Waals surface area (Å²) in [7, 11) is 0. The van der Waals surface area contributed by atoms with Crippen molar-refractivity contribution in [1.29, 1.82) is 0 Å². The Bertz CT molecular complexity index is 1150. The fourth-order valence-electron chi connectivity index (χ4n) is 2.87. The molecule has 0 saturated heterocycles. The van der Waals surface area contributed by atoms with E-state index >= 15 is 0 Å². The van der Waals surface area contributed by atoms with Gasteiger partial charge >= 0.3 is 0 Å². The summed E-state index contributed by atoms with van der Waals surface area (Å²) >= 11 is 1.33. The van der Waals surface area contributed by atoms with Crippen molar-refractivity contribution in [3.63, 3.8) is 0 Å². The number of carbonyl (C=O) groups excluding carboxylic acids is 1. The Balaban J connectivity index is 1.81. The lowest BCUT2D eigenvalue weighted by Gasteiger charge is -2.18. The number of carbonyl (C=O) groups is 1. The second-order valence-corrected chi connectivity index (χ2v) is 6.89. The van der Waals surface area contributed by atoms with Gasteiger partial charge in [-0.1, -0.05) is 6.08 Å². The van der Waals surface area contributed by atoms with Gasteiger partial charge < -0.3 is 14.6 Å². The summed E-state index contributed by atoms with van der Waals surface area (Å²) in [5.41, 5.74) is 2.31. The summed E-state index contributed by atoms with van der Waals surface area (Å²) in [6, 6.07) is 8.75. The van der Waals surface area contributed by atoms with Crippen molar-refractivity contribution in [1.82, 2.24) is 4.57 Å². The summed E-state index contributed by atoms with van der Waals surface area (Å²) < 4.78 is 34.4. The zero-order valence-corrected chi connectivity index (χ0v) is 15.4. The Kier molecular flexibility index (Phi) is 4.79. The monoisotopic (exact) mass is 399 g/mol. The first kappa shape index (κ1) is 18.1. The van der Waals surface area contributed by atoms with Gasteiger partial charge in [0.1, 0.15) is 17.3 Å². The molecule has 0 radical (unpaired) electrons. The molecule has 8 heteroatoms. The first-order valence-electron chi connectivity index (χ1n) is 8.41. The third-order valence-electron chi connectivity index (χ3n) is 4.14. The van der Waals surface area contributed by atoms with Crippen LogP contribution in [0.25, 0.3) is 11.3 Å². The standard InChI is InChI=1S/C20H15F2N3O2S/c1-2-7-25-17(12-3-6-18-16(8-12)23-19(26)10-27-18)11-28-20(25)24-15-5-4-13(21)9-14(15)22/h2-6,8-9,11H,1,7,10H2,(H,23,26). The van der Waals surface area contributed by atoms with Crippen LogP contribution in [0.15, 0.2) is 59.4 Å². The molecule has 1 aliphatic rings. The van der Waals surface area contributed by atoms with Gasteiger partial charge in [-0.25, -0.2) is 13.8 Å². The van der Waals surface area contributed by atoms with E-state index < -0.39 is 11.6 Å². The molecule has 2 aromatic carbocycles. The minimum atomic E-state index is -0.728. The van der Waals surface area contributed by atoms with E-state index in [1.807, 2.05) is 22.1 Å². The van der Waals surface area contributed by atoms with Crippen molar-refractivity contribution >= 4 is 28.6 Å². The molecule has 5 nitrogen and oxygen atoms in total. The summed E-state index contributed by atoms with van der Waals surface area (Å²) in [5, 5.41) is 4.67. The zero-order valence-electron chi connectivity index (χ0n) is 14.6. The van der Waals surface area contributed by atoms with Crippen LogP contribution in [-0.2, 0) is 11.3 Å². The molecule has 0 bridgehead atoms. The van der Waals surface area contributed by atoms with Gasteiger partial charge in [0.15, 0.2) is 17.2 Å². The Morgan fingerprint density at radius 1 is 1.29 bits per heavy atom. The van der Waals surface area contributed by atoms with Gasteiger partial charge in [-0.2, -0.15) is 0 Å². The third kappa shape index (κ3) is 3.46. The molecule has 4 rings (SSSR count). The molecule has 142 valence electrons. The second-order valence-electron chi connectivity index (χ2n) is 6.06. The lowest BCUT2D eigenvalue weighted by atomic mass is 10.1. The average Bonchev–Trinajstić information content (AvgIpc) is 3.06. The number of rotatable bonds is 4. The van der Waals surface area contributed by atoms with E-state index in [4.69, 9.17) is 4.74 Å². The normalized spacial score (nSPS) is 13.6. The highest BCUT2D eigenvalue weighted by atomic mass is 32.1. The van der Waals surface area contributed by atoms with Gasteiger partial charge in [0, 0.05) is 23.6 Å². The molecule has 1 aromatic heterocycles. The summed E-state index contributed by atoms with van der Waals surface area (Å²) in [6.07, 6.45) is 1.71. The van der Waals surface area contributed by atoms with Gasteiger partial charge in [-0.3, -0.25) is 4.79 Å². The number of amides is 1. The fourth-order valence-corrected chi connectivity index (χ4v) is 3.80. The molecule has 0 atom stereocenters. The Morgan fingerprint density at radius 2 is 2.14 bits per heavy atom. The van der Waals surface area contributed by atoms with Crippen molar-refractivity contribution in [2.45, 2.75) is 6.54 Å². The molecule has 1 amide bonds. The SMILES string of the molecule is C=CCn1c(-c2ccc3c(c2)NC(=O)CO3)csc1=Nc1ccc(F)cc1F. The molecule has 3 aromatic rings. The van der Waals surface area contributed by atoms with Gasteiger partial charge in [0.2, 0.25) is 0 Å². The van der Waals surface area contributed by atoms with Crippen LogP contribution in [0.3, 0.4) is 0 Å². The molecule has 0 saturated carbocycles. The Hall–Kier alpha value is -3.26. The lowest BCUT2D eigenvalue weighted by molar-refractivity contribution is -0.118. The minimum absolute atomic E-state index is 0.00642. The predicted molar refractivity (Wildman–Crippen MR) is 104 cm³/mol. The highest BCUT2D eigenvalue weighted by Gasteiger charge is 2.17. The van der Waals surface area contributed by atoms with Crippen LogP contribution in [0.4, 0.5) is 20.2 Å². The second kappa shape index (κ2) is 7.40. The molecule has 28 heavy (non-hydrogen) atoms. The molecule has 2 heterocycles. The van der Waals surface area contributed by atoms with Crippen molar-refractivity contribution in [2.75, 3.05) is 11.9 Å². The van der Waals surface area contributed by atoms with Crippen LogP contribution < -0.4 is 14.9 Å². The molecule has 0 spiro atoms. The lowest BCUT2D eigenvalue weighted by Crippen LogP contribution is -2.25. The van der Waals surface area contributed by atoms with Crippen LogP contribution in [0.1, 0.15) is 0 Å². The number of hydrogen-bond acceptors (Lipinski definition) is 4. The number of aromatic nitrogens is 1. The van der Waals surface area contributed by atoms with Crippen LogP contribution >= 0.6 is 11.3 Å². The highest BCUT2D eigenvalue weighted by Crippen LogP contribution is 2.33. The van der Waals surface area contributed by atoms with Gasteiger partial charge in [-0.05, 0) is 30.3 Å². The first-order valence-corrected chi connectivity index (χ1v) is 9.29. The van der Waals surface area contributed by atoms with Crippen LogP contribution in [0.2, 0.25) is 0 Å². The van der Waals surface area contributed by atoms with E-state index in [1.54, 1.807) is 12.1 Å². The van der Waals surface area contributed by atoms with Crippen LogP contribution in [0, 0.1) is 11.6 Å². The number of nitrogens with zero attached hydrogens (tertiary/aromatic N) is 2. The molecule has 1 N–H and O–H groups in total. The largest absolute Gasteiger partial charge is 0.482 e. The number of thiazole rings is 1. The number of halogens is 2. The molecular formula is C20H15F2N3O2S. The number of allylic oxidation sites excluding steroid dienone is 1.